The quantitative estimate of drug-likeness (QED) is 0.404. The molecule has 182 valence electrons. The summed E-state index contributed by atoms with van der Waals surface area (Å²) in [6.07, 6.45) is 5.18. The fraction of sp³-hybridized carbons (Fsp3) is 0.308. The van der Waals surface area contributed by atoms with Gasteiger partial charge >= 0.3 is 0 Å². The molecule has 3 heterocycles. The number of pyridine rings is 1. The highest BCUT2D eigenvalue weighted by atomic mass is 35.5. The van der Waals surface area contributed by atoms with Gasteiger partial charge in [-0.2, -0.15) is 0 Å². The number of hydrogen-bond donors (Lipinski definition) is 1. The molecule has 1 amide bonds. The summed E-state index contributed by atoms with van der Waals surface area (Å²) in [6.45, 7) is 8.43. The number of aromatic nitrogens is 4. The lowest BCUT2D eigenvalue weighted by atomic mass is 9.94. The Morgan fingerprint density at radius 3 is 2.60 bits per heavy atom. The van der Waals surface area contributed by atoms with Crippen LogP contribution in [0.5, 0.6) is 5.75 Å². The smallest absolute Gasteiger partial charge is 0.271 e. The molecule has 1 atom stereocenters. The molecule has 3 aromatic heterocycles. The Labute approximate surface area is 209 Å². The number of carbonyl (C=O) groups excluding carboxylic acids is 1. The molecular weight excluding hydrogens is 464 g/mol. The maximum atomic E-state index is 12.3. The molecule has 9 heteroatoms. The Bertz CT molecular complexity index is 1410. The molecule has 4 rings (SSSR count). The van der Waals surface area contributed by atoms with Crippen LogP contribution in [0.15, 0.2) is 36.9 Å². The number of ether oxygens (including phenoxy) is 1. The third kappa shape index (κ3) is 4.30. The molecule has 0 aliphatic heterocycles. The van der Waals surface area contributed by atoms with E-state index in [2.05, 4.69) is 26.4 Å². The van der Waals surface area contributed by atoms with Gasteiger partial charge in [-0.25, -0.2) is 9.97 Å². The van der Waals surface area contributed by atoms with E-state index in [1.807, 2.05) is 39.1 Å². The first-order chi connectivity index (χ1) is 16.6. The lowest BCUT2D eigenvalue weighted by molar-refractivity contribution is 0.0822. The molecule has 8 nitrogen and oxygen atoms in total. The Hall–Kier alpha value is -3.65. The third-order valence-electron chi connectivity index (χ3n) is 6.17. The van der Waals surface area contributed by atoms with Gasteiger partial charge in [-0.05, 0) is 51.0 Å². The SMILES string of the molecule is CCOc1c(C(C)n2cc(C)c3c(N)ncnc32)cc(Cl)c(C)c1-c1ccc(C(=O)N(C)C)nc1. The van der Waals surface area contributed by atoms with Crippen molar-refractivity contribution in [1.82, 2.24) is 24.4 Å². The summed E-state index contributed by atoms with van der Waals surface area (Å²) >= 11 is 6.75. The number of benzene rings is 1. The van der Waals surface area contributed by atoms with Gasteiger partial charge in [-0.15, -0.1) is 0 Å². The van der Waals surface area contributed by atoms with Crippen LogP contribution in [-0.4, -0.2) is 51.0 Å². The van der Waals surface area contributed by atoms with E-state index in [0.29, 0.717) is 23.1 Å². The lowest BCUT2D eigenvalue weighted by Crippen LogP contribution is -2.22. The van der Waals surface area contributed by atoms with E-state index >= 15 is 0 Å². The zero-order valence-electron chi connectivity index (χ0n) is 20.8. The zero-order chi connectivity index (χ0) is 25.4. The highest BCUT2D eigenvalue weighted by Gasteiger charge is 2.24. The minimum absolute atomic E-state index is 0.158. The molecule has 0 radical (unpaired) electrons. The molecule has 0 saturated heterocycles. The first-order valence-corrected chi connectivity index (χ1v) is 11.7. The molecule has 0 fully saturated rings. The molecule has 0 aliphatic rings. The van der Waals surface area contributed by atoms with Gasteiger partial charge in [-0.3, -0.25) is 9.78 Å². The van der Waals surface area contributed by atoms with Gasteiger partial charge in [0, 0.05) is 48.2 Å². The molecule has 0 spiro atoms. The van der Waals surface area contributed by atoms with Crippen molar-refractivity contribution in [2.75, 3.05) is 26.4 Å². The molecule has 35 heavy (non-hydrogen) atoms. The first kappa shape index (κ1) is 24.5. The van der Waals surface area contributed by atoms with E-state index in [1.54, 1.807) is 26.4 Å². The number of nitrogens with zero attached hydrogens (tertiary/aromatic N) is 5. The van der Waals surface area contributed by atoms with Crippen LogP contribution in [-0.2, 0) is 0 Å². The van der Waals surface area contributed by atoms with Crippen molar-refractivity contribution in [1.29, 1.82) is 0 Å². The number of nitrogens with two attached hydrogens (primary N) is 1. The predicted octanol–water partition coefficient (Wildman–Crippen LogP) is 5.06. The van der Waals surface area contributed by atoms with E-state index in [-0.39, 0.29) is 11.9 Å². The van der Waals surface area contributed by atoms with Gasteiger partial charge in [0.05, 0.1) is 18.0 Å². The van der Waals surface area contributed by atoms with Crippen molar-refractivity contribution in [2.24, 2.45) is 0 Å². The van der Waals surface area contributed by atoms with Crippen LogP contribution in [0.2, 0.25) is 5.02 Å². The van der Waals surface area contributed by atoms with Crippen molar-refractivity contribution in [3.8, 4) is 16.9 Å². The number of hydrogen-bond acceptors (Lipinski definition) is 6. The molecule has 0 aliphatic carbocycles. The summed E-state index contributed by atoms with van der Waals surface area (Å²) in [5.74, 6) is 1.01. The fourth-order valence-corrected chi connectivity index (χ4v) is 4.55. The van der Waals surface area contributed by atoms with Crippen molar-refractivity contribution >= 4 is 34.4 Å². The Kier molecular flexibility index (Phi) is 6.67. The summed E-state index contributed by atoms with van der Waals surface area (Å²) in [6, 6.07) is 5.38. The van der Waals surface area contributed by atoms with Crippen LogP contribution < -0.4 is 10.5 Å². The normalized spacial score (nSPS) is 12.1. The fourth-order valence-electron chi connectivity index (χ4n) is 4.34. The molecule has 1 unspecified atom stereocenters. The minimum Gasteiger partial charge on any atom is -0.493 e. The highest BCUT2D eigenvalue weighted by Crippen LogP contribution is 2.44. The maximum Gasteiger partial charge on any atom is 0.271 e. The average Bonchev–Trinajstić information content (AvgIpc) is 3.18. The summed E-state index contributed by atoms with van der Waals surface area (Å²) < 4.78 is 8.29. The highest BCUT2D eigenvalue weighted by molar-refractivity contribution is 6.32. The second kappa shape index (κ2) is 9.54. The molecular formula is C26H29ClN6O2. The summed E-state index contributed by atoms with van der Waals surface area (Å²) in [5.41, 5.74) is 11.7. The largest absolute Gasteiger partial charge is 0.493 e. The Morgan fingerprint density at radius 1 is 1.23 bits per heavy atom. The van der Waals surface area contributed by atoms with Crippen LogP contribution in [0.3, 0.4) is 0 Å². The number of aryl methyl sites for hydroxylation is 1. The van der Waals surface area contributed by atoms with Crippen molar-refractivity contribution in [3.63, 3.8) is 0 Å². The molecule has 0 saturated carbocycles. The summed E-state index contributed by atoms with van der Waals surface area (Å²) in [7, 11) is 3.40. The maximum absolute atomic E-state index is 12.3. The Balaban J connectivity index is 1.90. The van der Waals surface area contributed by atoms with Crippen LogP contribution in [0.1, 0.15) is 47.1 Å². The number of nitrogen functional groups attached to an aromatic ring is 1. The lowest BCUT2D eigenvalue weighted by Gasteiger charge is -2.24. The van der Waals surface area contributed by atoms with Crippen LogP contribution in [0.4, 0.5) is 5.82 Å². The van der Waals surface area contributed by atoms with E-state index in [1.165, 1.54) is 11.2 Å². The number of halogens is 1. The van der Waals surface area contributed by atoms with Crippen LogP contribution >= 0.6 is 11.6 Å². The van der Waals surface area contributed by atoms with E-state index in [4.69, 9.17) is 22.1 Å². The van der Waals surface area contributed by atoms with Gasteiger partial charge in [-0.1, -0.05) is 17.7 Å². The van der Waals surface area contributed by atoms with Gasteiger partial charge in [0.2, 0.25) is 0 Å². The van der Waals surface area contributed by atoms with Gasteiger partial charge < -0.3 is 19.9 Å². The second-order valence-electron chi connectivity index (χ2n) is 8.69. The van der Waals surface area contributed by atoms with Gasteiger partial charge in [0.1, 0.15) is 29.2 Å². The van der Waals surface area contributed by atoms with Crippen molar-refractivity contribution in [3.05, 3.63) is 64.3 Å². The molecule has 2 N–H and O–H groups in total. The monoisotopic (exact) mass is 492 g/mol. The van der Waals surface area contributed by atoms with E-state index in [9.17, 15) is 4.79 Å². The summed E-state index contributed by atoms with van der Waals surface area (Å²) in [5, 5.41) is 1.45. The average molecular weight is 493 g/mol. The number of carbonyl (C=O) groups is 1. The second-order valence-corrected chi connectivity index (χ2v) is 9.10. The third-order valence-corrected chi connectivity index (χ3v) is 6.56. The number of rotatable bonds is 6. The number of anilines is 1. The molecule has 0 bridgehead atoms. The number of amides is 1. The topological polar surface area (TPSA) is 99.2 Å². The van der Waals surface area contributed by atoms with E-state index in [0.717, 1.165) is 44.6 Å². The standard InChI is InChI=1S/C26H29ClN6O2/c1-7-35-23-18(16(4)33-12-14(2)21-24(28)30-13-31-25(21)33)10-19(27)15(3)22(23)17-8-9-20(29-11-17)26(34)32(5)6/h8-13,16H,7H2,1-6H3,(H2,28,30,31). The molecule has 4 aromatic rings. The predicted molar refractivity (Wildman–Crippen MR) is 139 cm³/mol. The molecule has 1 aromatic carbocycles. The van der Waals surface area contributed by atoms with Crippen molar-refractivity contribution in [2.45, 2.75) is 33.7 Å². The van der Waals surface area contributed by atoms with Crippen LogP contribution in [0, 0.1) is 13.8 Å². The zero-order valence-corrected chi connectivity index (χ0v) is 21.5. The Morgan fingerprint density at radius 2 is 1.97 bits per heavy atom. The van der Waals surface area contributed by atoms with Gasteiger partial charge in [0.15, 0.2) is 0 Å². The minimum atomic E-state index is -0.165. The van der Waals surface area contributed by atoms with Gasteiger partial charge in [0.25, 0.3) is 5.91 Å². The first-order valence-electron chi connectivity index (χ1n) is 11.4. The van der Waals surface area contributed by atoms with E-state index < -0.39 is 0 Å². The summed E-state index contributed by atoms with van der Waals surface area (Å²) in [4.78, 5) is 26.9. The van der Waals surface area contributed by atoms with Crippen molar-refractivity contribution < 1.29 is 9.53 Å². The number of fused-ring (bicyclic) bond motifs is 1. The van der Waals surface area contributed by atoms with Crippen LogP contribution in [0.25, 0.3) is 22.2 Å².